The Labute approximate surface area is 275 Å². The third-order valence-corrected chi connectivity index (χ3v) is 9.79. The van der Waals surface area contributed by atoms with Gasteiger partial charge in [0.05, 0.1) is 6.54 Å². The van der Waals surface area contributed by atoms with Gasteiger partial charge >= 0.3 is 0 Å². The van der Waals surface area contributed by atoms with Crippen LogP contribution in [0.25, 0.3) is 0 Å². The van der Waals surface area contributed by atoms with Crippen molar-refractivity contribution in [3.05, 3.63) is 54.1 Å². The van der Waals surface area contributed by atoms with Crippen LogP contribution in [-0.2, 0) is 19.5 Å². The lowest BCUT2D eigenvalue weighted by atomic mass is 10.0. The summed E-state index contributed by atoms with van der Waals surface area (Å²) in [5.74, 6) is 1.54. The van der Waals surface area contributed by atoms with Gasteiger partial charge in [-0.25, -0.2) is 9.13 Å². The molecule has 2 rings (SSSR count). The third kappa shape index (κ3) is 20.5. The first-order chi connectivity index (χ1) is 21.8. The van der Waals surface area contributed by atoms with Gasteiger partial charge in [0.2, 0.25) is 0 Å². The van der Waals surface area contributed by atoms with Gasteiger partial charge in [0.1, 0.15) is 18.9 Å². The Kier molecular flexibility index (Phi) is 25.3. The van der Waals surface area contributed by atoms with Crippen LogP contribution < -0.4 is 4.57 Å². The summed E-state index contributed by atoms with van der Waals surface area (Å²) in [6.45, 7) is 6.80. The van der Waals surface area contributed by atoms with E-state index in [0.717, 1.165) is 6.54 Å². The van der Waals surface area contributed by atoms with Crippen molar-refractivity contribution in [2.45, 2.75) is 213 Å². The molecule has 0 bridgehead atoms. The maximum atomic E-state index is 2.59. The van der Waals surface area contributed by atoms with Crippen LogP contribution in [-0.4, -0.2) is 4.57 Å². The Bertz CT molecular complexity index is 854. The van der Waals surface area contributed by atoms with Crippen molar-refractivity contribution in [1.29, 1.82) is 0 Å². The van der Waals surface area contributed by atoms with Gasteiger partial charge in [-0.15, -0.1) is 0 Å². The molecule has 0 fully saturated rings. The summed E-state index contributed by atoms with van der Waals surface area (Å²) in [5, 5.41) is 0. The number of hydrogen-bond donors (Lipinski definition) is 0. The van der Waals surface area contributed by atoms with Crippen LogP contribution in [0.5, 0.6) is 0 Å². The zero-order valence-electron chi connectivity index (χ0n) is 29.9. The molecule has 44 heavy (non-hydrogen) atoms. The molecule has 2 nitrogen and oxygen atoms in total. The minimum atomic E-state index is 1.00. The number of aromatic nitrogens is 2. The van der Waals surface area contributed by atoms with Crippen LogP contribution in [0.3, 0.4) is 0 Å². The lowest BCUT2D eigenvalue weighted by Crippen LogP contribution is -2.37. The first-order valence-electron chi connectivity index (χ1n) is 20.0. The topological polar surface area (TPSA) is 8.81 Å². The highest BCUT2D eigenvalue weighted by atomic mass is 15.1. The van der Waals surface area contributed by atoms with Gasteiger partial charge in [0.25, 0.3) is 5.82 Å². The number of unbranched alkanes of at least 4 members (excludes halogenated alkanes) is 26. The first-order valence-corrected chi connectivity index (χ1v) is 20.0. The molecule has 0 N–H and O–H groups in total. The van der Waals surface area contributed by atoms with E-state index in [1.165, 1.54) is 198 Å². The minimum Gasteiger partial charge on any atom is -0.234 e. The Hall–Kier alpha value is -1.57. The number of benzene rings is 1. The second-order valence-electron chi connectivity index (χ2n) is 14.0. The SMILES string of the molecule is CCCCCCCCCCCCCCCCCn1cc[n+](Cc2ccccc2)c1CCCCCCCCCCCCCCC. The van der Waals surface area contributed by atoms with E-state index >= 15 is 0 Å². The van der Waals surface area contributed by atoms with Crippen molar-refractivity contribution in [2.75, 3.05) is 0 Å². The maximum absolute atomic E-state index is 2.59. The molecule has 0 amide bonds. The molecule has 0 aliphatic rings. The maximum Gasteiger partial charge on any atom is 0.256 e. The van der Waals surface area contributed by atoms with Gasteiger partial charge in [-0.05, 0) is 24.8 Å². The van der Waals surface area contributed by atoms with E-state index < -0.39 is 0 Å². The Morgan fingerprint density at radius 1 is 0.455 bits per heavy atom. The molecule has 0 spiro atoms. The van der Waals surface area contributed by atoms with E-state index in [0.29, 0.717) is 0 Å². The van der Waals surface area contributed by atoms with E-state index in [1.54, 1.807) is 5.82 Å². The standard InChI is InChI=1S/C42H75N2/c1-3-5-7-9-11-13-15-17-18-20-22-24-26-28-33-37-43-38-39-44(40-41-34-30-29-31-35-41)42(43)36-32-27-25-23-21-19-16-14-12-10-8-6-4-2/h29-31,34-35,38-39H,3-28,32-33,36-37,40H2,1-2H3/q+1. The molecule has 0 atom stereocenters. The molecule has 1 aromatic carbocycles. The van der Waals surface area contributed by atoms with Crippen LogP contribution in [0, 0.1) is 0 Å². The summed E-state index contributed by atoms with van der Waals surface area (Å²) in [6, 6.07) is 11.0. The molecule has 2 heteroatoms. The second-order valence-corrected chi connectivity index (χ2v) is 14.0. The molecule has 0 radical (unpaired) electrons. The molecule has 1 aromatic heterocycles. The number of hydrogen-bond acceptors (Lipinski definition) is 0. The second kappa shape index (κ2) is 28.9. The summed E-state index contributed by atoms with van der Waals surface area (Å²) >= 11 is 0. The van der Waals surface area contributed by atoms with Crippen molar-refractivity contribution < 1.29 is 4.57 Å². The van der Waals surface area contributed by atoms with Gasteiger partial charge in [0, 0.05) is 6.42 Å². The van der Waals surface area contributed by atoms with Crippen LogP contribution in [0.4, 0.5) is 0 Å². The van der Waals surface area contributed by atoms with Crippen molar-refractivity contribution >= 4 is 0 Å². The fraction of sp³-hybridized carbons (Fsp3) is 0.786. The van der Waals surface area contributed by atoms with Crippen molar-refractivity contribution in [3.8, 4) is 0 Å². The van der Waals surface area contributed by atoms with E-state index in [9.17, 15) is 0 Å². The fourth-order valence-corrected chi connectivity index (χ4v) is 6.87. The summed E-state index contributed by atoms with van der Waals surface area (Å²) in [5.41, 5.74) is 1.41. The minimum absolute atomic E-state index is 1.00. The quantitative estimate of drug-likeness (QED) is 0.0578. The molecule has 0 saturated carbocycles. The Morgan fingerprint density at radius 3 is 1.27 bits per heavy atom. The number of imidazole rings is 1. The van der Waals surface area contributed by atoms with E-state index in [-0.39, 0.29) is 0 Å². The average Bonchev–Trinajstić information content (AvgIpc) is 3.42. The van der Waals surface area contributed by atoms with Gasteiger partial charge in [-0.1, -0.05) is 205 Å². The van der Waals surface area contributed by atoms with E-state index in [1.807, 2.05) is 0 Å². The number of nitrogens with zero attached hydrogens (tertiary/aromatic N) is 2. The lowest BCUT2D eigenvalue weighted by molar-refractivity contribution is -0.695. The Morgan fingerprint density at radius 2 is 0.841 bits per heavy atom. The van der Waals surface area contributed by atoms with Crippen molar-refractivity contribution in [2.24, 2.45) is 0 Å². The smallest absolute Gasteiger partial charge is 0.234 e. The Balaban J connectivity index is 1.58. The van der Waals surface area contributed by atoms with Crippen molar-refractivity contribution in [1.82, 2.24) is 4.57 Å². The van der Waals surface area contributed by atoms with E-state index in [4.69, 9.17) is 0 Å². The molecule has 0 unspecified atom stereocenters. The van der Waals surface area contributed by atoms with Gasteiger partial charge in [0.15, 0.2) is 0 Å². The van der Waals surface area contributed by atoms with E-state index in [2.05, 4.69) is 65.7 Å². The summed E-state index contributed by atoms with van der Waals surface area (Å²) in [7, 11) is 0. The third-order valence-electron chi connectivity index (χ3n) is 9.79. The number of aryl methyl sites for hydroxylation is 1. The molecule has 1 heterocycles. The van der Waals surface area contributed by atoms with Gasteiger partial charge in [-0.3, -0.25) is 0 Å². The normalized spacial score (nSPS) is 11.5. The monoisotopic (exact) mass is 608 g/mol. The highest BCUT2D eigenvalue weighted by molar-refractivity contribution is 5.13. The van der Waals surface area contributed by atoms with Crippen LogP contribution >= 0.6 is 0 Å². The van der Waals surface area contributed by atoms with Crippen LogP contribution in [0.1, 0.15) is 205 Å². The number of rotatable bonds is 32. The van der Waals surface area contributed by atoms with Crippen molar-refractivity contribution in [3.63, 3.8) is 0 Å². The predicted molar refractivity (Wildman–Crippen MR) is 194 cm³/mol. The first kappa shape index (κ1) is 38.6. The predicted octanol–water partition coefficient (Wildman–Crippen LogP) is 13.3. The molecule has 0 aliphatic heterocycles. The lowest BCUT2D eigenvalue weighted by Gasteiger charge is -2.07. The average molecular weight is 608 g/mol. The van der Waals surface area contributed by atoms with Gasteiger partial charge in [-0.2, -0.15) is 0 Å². The highest BCUT2D eigenvalue weighted by Crippen LogP contribution is 2.16. The van der Waals surface area contributed by atoms with Crippen LogP contribution in [0.2, 0.25) is 0 Å². The highest BCUT2D eigenvalue weighted by Gasteiger charge is 2.17. The fourth-order valence-electron chi connectivity index (χ4n) is 6.87. The molecule has 0 aliphatic carbocycles. The van der Waals surface area contributed by atoms with Crippen LogP contribution in [0.15, 0.2) is 42.7 Å². The summed E-state index contributed by atoms with van der Waals surface area (Å²) < 4.78 is 5.12. The molecule has 252 valence electrons. The molecule has 0 saturated heterocycles. The summed E-state index contributed by atoms with van der Waals surface area (Å²) in [4.78, 5) is 0. The molecular weight excluding hydrogens is 532 g/mol. The largest absolute Gasteiger partial charge is 0.256 e. The zero-order chi connectivity index (χ0) is 31.2. The molecular formula is C42H75N2+. The zero-order valence-corrected chi connectivity index (χ0v) is 29.9. The molecule has 2 aromatic rings. The summed E-state index contributed by atoms with van der Waals surface area (Å²) in [6.07, 6.45) is 45.9. The van der Waals surface area contributed by atoms with Gasteiger partial charge < -0.3 is 0 Å².